The molecule has 2 N–H and O–H groups in total. The number of carbonyl (C=O) groups excluding carboxylic acids is 1. The summed E-state index contributed by atoms with van der Waals surface area (Å²) in [5.41, 5.74) is 2.41. The zero-order valence-corrected chi connectivity index (χ0v) is 12.1. The molecule has 1 aromatic carbocycles. The summed E-state index contributed by atoms with van der Waals surface area (Å²) in [6.45, 7) is 2.10. The number of amides is 1. The van der Waals surface area contributed by atoms with Crippen molar-refractivity contribution in [1.82, 2.24) is 20.3 Å². The quantitative estimate of drug-likeness (QED) is 0.871. The molecular formula is C15H17N5O2. The number of anilines is 1. The van der Waals surface area contributed by atoms with E-state index in [0.717, 1.165) is 37.2 Å². The van der Waals surface area contributed by atoms with Gasteiger partial charge in [0.15, 0.2) is 6.61 Å². The van der Waals surface area contributed by atoms with Gasteiger partial charge in [0.05, 0.1) is 17.9 Å². The highest BCUT2D eigenvalue weighted by molar-refractivity contribution is 5.96. The standard InChI is InChI=1S/C15H17N5O2/c21-15-9-22-14-2-1-10(7-12(14)17-15)13-8-20(19-18-13)11-3-5-16-6-4-11/h1-2,7-8,11,16H,3-6,9H2,(H,17,21). The van der Waals surface area contributed by atoms with Gasteiger partial charge in [0.1, 0.15) is 11.4 Å². The predicted octanol–water partition coefficient (Wildman–Crippen LogP) is 1.20. The molecule has 1 fully saturated rings. The second-order valence-electron chi connectivity index (χ2n) is 5.61. The van der Waals surface area contributed by atoms with Gasteiger partial charge in [0.2, 0.25) is 0 Å². The lowest BCUT2D eigenvalue weighted by Crippen LogP contribution is -2.29. The molecular weight excluding hydrogens is 282 g/mol. The van der Waals surface area contributed by atoms with Gasteiger partial charge < -0.3 is 15.4 Å². The van der Waals surface area contributed by atoms with E-state index in [9.17, 15) is 4.79 Å². The fourth-order valence-corrected chi connectivity index (χ4v) is 2.90. The molecule has 0 saturated carbocycles. The molecule has 0 bridgehead atoms. The third kappa shape index (κ3) is 2.43. The molecule has 0 radical (unpaired) electrons. The van der Waals surface area contributed by atoms with Crippen LogP contribution >= 0.6 is 0 Å². The van der Waals surface area contributed by atoms with Crippen LogP contribution in [0, 0.1) is 0 Å². The summed E-state index contributed by atoms with van der Waals surface area (Å²) in [4.78, 5) is 11.4. The van der Waals surface area contributed by atoms with E-state index in [1.54, 1.807) is 0 Å². The van der Waals surface area contributed by atoms with Crippen molar-refractivity contribution in [3.05, 3.63) is 24.4 Å². The van der Waals surface area contributed by atoms with E-state index in [2.05, 4.69) is 20.9 Å². The maximum atomic E-state index is 11.4. The van der Waals surface area contributed by atoms with Crippen molar-refractivity contribution in [1.29, 1.82) is 0 Å². The lowest BCUT2D eigenvalue weighted by atomic mass is 10.1. The highest BCUT2D eigenvalue weighted by atomic mass is 16.5. The van der Waals surface area contributed by atoms with Crippen molar-refractivity contribution in [3.8, 4) is 17.0 Å². The number of fused-ring (bicyclic) bond motifs is 1. The van der Waals surface area contributed by atoms with Crippen LogP contribution in [0.2, 0.25) is 0 Å². The number of benzene rings is 1. The number of hydrogen-bond acceptors (Lipinski definition) is 5. The molecule has 0 atom stereocenters. The molecule has 0 aliphatic carbocycles. The number of nitrogens with zero attached hydrogens (tertiary/aromatic N) is 3. The lowest BCUT2D eigenvalue weighted by molar-refractivity contribution is -0.118. The Bertz CT molecular complexity index is 706. The van der Waals surface area contributed by atoms with E-state index >= 15 is 0 Å². The second-order valence-corrected chi connectivity index (χ2v) is 5.61. The third-order valence-electron chi connectivity index (χ3n) is 4.10. The molecule has 0 spiro atoms. The van der Waals surface area contributed by atoms with Crippen LogP contribution in [0.4, 0.5) is 5.69 Å². The summed E-state index contributed by atoms with van der Waals surface area (Å²) in [6.07, 6.45) is 4.11. The molecule has 1 amide bonds. The average Bonchev–Trinajstić information content (AvgIpc) is 3.05. The number of carbonyl (C=O) groups is 1. The molecule has 114 valence electrons. The number of aromatic nitrogens is 3. The Labute approximate surface area is 127 Å². The summed E-state index contributed by atoms with van der Waals surface area (Å²) in [5.74, 6) is 0.553. The topological polar surface area (TPSA) is 81.1 Å². The van der Waals surface area contributed by atoms with Crippen LogP contribution in [-0.4, -0.2) is 40.6 Å². The molecule has 2 aliphatic heterocycles. The summed E-state index contributed by atoms with van der Waals surface area (Å²) < 4.78 is 7.32. The molecule has 7 nitrogen and oxygen atoms in total. The zero-order chi connectivity index (χ0) is 14.9. The Morgan fingerprint density at radius 3 is 3.00 bits per heavy atom. The minimum atomic E-state index is -0.136. The van der Waals surface area contributed by atoms with Crippen LogP contribution < -0.4 is 15.4 Å². The second kappa shape index (κ2) is 5.42. The highest BCUT2D eigenvalue weighted by Gasteiger charge is 2.19. The van der Waals surface area contributed by atoms with Crippen molar-refractivity contribution in [2.24, 2.45) is 0 Å². The Morgan fingerprint density at radius 2 is 2.14 bits per heavy atom. The van der Waals surface area contributed by atoms with Gasteiger partial charge in [0, 0.05) is 5.56 Å². The van der Waals surface area contributed by atoms with E-state index in [1.807, 2.05) is 29.1 Å². The molecule has 1 saturated heterocycles. The fraction of sp³-hybridized carbons (Fsp3) is 0.400. The van der Waals surface area contributed by atoms with E-state index in [0.29, 0.717) is 17.5 Å². The maximum Gasteiger partial charge on any atom is 0.262 e. The molecule has 1 aromatic heterocycles. The van der Waals surface area contributed by atoms with Crippen LogP contribution in [-0.2, 0) is 4.79 Å². The van der Waals surface area contributed by atoms with E-state index < -0.39 is 0 Å². The summed E-state index contributed by atoms with van der Waals surface area (Å²) >= 11 is 0. The van der Waals surface area contributed by atoms with Gasteiger partial charge in [-0.05, 0) is 44.1 Å². The molecule has 7 heteroatoms. The summed E-state index contributed by atoms with van der Waals surface area (Å²) in [5, 5.41) is 14.7. The van der Waals surface area contributed by atoms with Crippen LogP contribution in [0.15, 0.2) is 24.4 Å². The van der Waals surface area contributed by atoms with Crippen LogP contribution in [0.25, 0.3) is 11.3 Å². The summed E-state index contributed by atoms with van der Waals surface area (Å²) in [7, 11) is 0. The molecule has 3 heterocycles. The number of rotatable bonds is 2. The minimum Gasteiger partial charge on any atom is -0.482 e. The largest absolute Gasteiger partial charge is 0.482 e. The van der Waals surface area contributed by atoms with Gasteiger partial charge in [0.25, 0.3) is 5.91 Å². The number of nitrogens with one attached hydrogen (secondary N) is 2. The smallest absolute Gasteiger partial charge is 0.262 e. The predicted molar refractivity (Wildman–Crippen MR) is 80.7 cm³/mol. The fourth-order valence-electron chi connectivity index (χ4n) is 2.90. The number of piperidine rings is 1. The van der Waals surface area contributed by atoms with Gasteiger partial charge >= 0.3 is 0 Å². The number of hydrogen-bond donors (Lipinski definition) is 2. The minimum absolute atomic E-state index is 0.0677. The first-order valence-electron chi connectivity index (χ1n) is 7.49. The van der Waals surface area contributed by atoms with Crippen molar-refractivity contribution < 1.29 is 9.53 Å². The van der Waals surface area contributed by atoms with Crippen molar-refractivity contribution >= 4 is 11.6 Å². The Balaban J connectivity index is 1.61. The normalized spacial score (nSPS) is 18.5. The highest BCUT2D eigenvalue weighted by Crippen LogP contribution is 2.32. The van der Waals surface area contributed by atoms with E-state index in [-0.39, 0.29) is 12.5 Å². The number of ether oxygens (including phenoxy) is 1. The summed E-state index contributed by atoms with van der Waals surface area (Å²) in [6, 6.07) is 6.08. The first-order chi connectivity index (χ1) is 10.8. The first kappa shape index (κ1) is 13.3. The monoisotopic (exact) mass is 299 g/mol. The lowest BCUT2D eigenvalue weighted by Gasteiger charge is -2.22. The Kier molecular flexibility index (Phi) is 3.27. The first-order valence-corrected chi connectivity index (χ1v) is 7.49. The van der Waals surface area contributed by atoms with Gasteiger partial charge in [-0.15, -0.1) is 5.10 Å². The van der Waals surface area contributed by atoms with Crippen molar-refractivity contribution in [2.45, 2.75) is 18.9 Å². The van der Waals surface area contributed by atoms with Crippen LogP contribution in [0.3, 0.4) is 0 Å². The average molecular weight is 299 g/mol. The molecule has 0 unspecified atom stereocenters. The third-order valence-corrected chi connectivity index (χ3v) is 4.10. The van der Waals surface area contributed by atoms with Crippen molar-refractivity contribution in [2.75, 3.05) is 25.0 Å². The molecule has 2 aliphatic rings. The van der Waals surface area contributed by atoms with Gasteiger partial charge in [-0.25, -0.2) is 4.68 Å². The SMILES string of the molecule is O=C1COc2ccc(-c3cn(C4CCNCC4)nn3)cc2N1. The van der Waals surface area contributed by atoms with Gasteiger partial charge in [-0.1, -0.05) is 5.21 Å². The molecule has 22 heavy (non-hydrogen) atoms. The van der Waals surface area contributed by atoms with Crippen LogP contribution in [0.5, 0.6) is 5.75 Å². The Hall–Kier alpha value is -2.41. The Morgan fingerprint density at radius 1 is 1.27 bits per heavy atom. The van der Waals surface area contributed by atoms with E-state index in [4.69, 9.17) is 4.74 Å². The van der Waals surface area contributed by atoms with Gasteiger partial charge in [-0.3, -0.25) is 4.79 Å². The zero-order valence-electron chi connectivity index (χ0n) is 12.1. The van der Waals surface area contributed by atoms with E-state index in [1.165, 1.54) is 0 Å². The van der Waals surface area contributed by atoms with Gasteiger partial charge in [-0.2, -0.15) is 0 Å². The van der Waals surface area contributed by atoms with Crippen LogP contribution in [0.1, 0.15) is 18.9 Å². The van der Waals surface area contributed by atoms with Crippen molar-refractivity contribution in [3.63, 3.8) is 0 Å². The molecule has 2 aromatic rings. The molecule has 4 rings (SSSR count). The maximum absolute atomic E-state index is 11.4.